The lowest BCUT2D eigenvalue weighted by Crippen LogP contribution is -2.37. The topological polar surface area (TPSA) is 50.3 Å². The number of rotatable bonds is 5. The van der Waals surface area contributed by atoms with Crippen LogP contribution < -0.4 is 0 Å². The van der Waals surface area contributed by atoms with E-state index in [9.17, 15) is 8.42 Å². The summed E-state index contributed by atoms with van der Waals surface area (Å²) < 4.78 is 23.8. The Kier molecular flexibility index (Phi) is 5.78. The molecule has 1 aromatic heterocycles. The molecule has 1 saturated heterocycles. The number of nitrogens with zero attached hydrogens (tertiary/aromatic N) is 2. The van der Waals surface area contributed by atoms with Crippen LogP contribution in [0.15, 0.2) is 47.5 Å². The zero-order chi connectivity index (χ0) is 18.7. The molecule has 26 heavy (non-hydrogen) atoms. The van der Waals surface area contributed by atoms with E-state index >= 15 is 0 Å². The van der Waals surface area contributed by atoms with Gasteiger partial charge in [0, 0.05) is 29.4 Å². The summed E-state index contributed by atoms with van der Waals surface area (Å²) in [4.78, 5) is 7.60. The molecule has 140 valence electrons. The highest BCUT2D eigenvalue weighted by atomic mass is 32.2. The van der Waals surface area contributed by atoms with Crippen LogP contribution in [0, 0.1) is 0 Å². The maximum absolute atomic E-state index is 11.9. The zero-order valence-electron chi connectivity index (χ0n) is 15.9. The van der Waals surface area contributed by atoms with Crippen molar-refractivity contribution in [1.29, 1.82) is 0 Å². The van der Waals surface area contributed by atoms with Gasteiger partial charge < -0.3 is 4.90 Å². The number of likely N-dealkylation sites (tertiary alicyclic amines) is 1. The Hall–Kier alpha value is -1.72. The number of piperidine rings is 1. The van der Waals surface area contributed by atoms with Crippen LogP contribution in [0.4, 0.5) is 0 Å². The summed E-state index contributed by atoms with van der Waals surface area (Å²) in [6, 6.07) is 11.9. The first-order valence-electron chi connectivity index (χ1n) is 9.44. The van der Waals surface area contributed by atoms with Crippen LogP contribution in [0.1, 0.15) is 45.2 Å². The van der Waals surface area contributed by atoms with Gasteiger partial charge in [0.1, 0.15) is 0 Å². The van der Waals surface area contributed by atoms with Gasteiger partial charge in [0.2, 0.25) is 0 Å². The zero-order valence-corrected chi connectivity index (χ0v) is 16.7. The SMILES string of the molecule is CCS(=O)(=O)c1ccc(-c2ccc(C3CCN(C(C)C)CC3)nc2)cc1. The largest absolute Gasteiger partial charge is 0.301 e. The first kappa shape index (κ1) is 19.1. The van der Waals surface area contributed by atoms with Gasteiger partial charge in [0.15, 0.2) is 9.84 Å². The molecule has 5 heteroatoms. The molecule has 0 amide bonds. The van der Waals surface area contributed by atoms with Crippen molar-refractivity contribution in [2.24, 2.45) is 0 Å². The lowest BCUT2D eigenvalue weighted by atomic mass is 9.92. The summed E-state index contributed by atoms with van der Waals surface area (Å²) in [5.74, 6) is 0.661. The fraction of sp³-hybridized carbons (Fsp3) is 0.476. The lowest BCUT2D eigenvalue weighted by Gasteiger charge is -2.34. The van der Waals surface area contributed by atoms with Crippen molar-refractivity contribution in [1.82, 2.24) is 9.88 Å². The Morgan fingerprint density at radius 2 is 1.65 bits per heavy atom. The van der Waals surface area contributed by atoms with E-state index in [2.05, 4.69) is 30.9 Å². The third-order valence-corrected chi connectivity index (χ3v) is 7.14. The maximum Gasteiger partial charge on any atom is 0.178 e. The molecule has 4 nitrogen and oxygen atoms in total. The van der Waals surface area contributed by atoms with Crippen LogP contribution in [-0.4, -0.2) is 43.2 Å². The van der Waals surface area contributed by atoms with Crippen molar-refractivity contribution in [3.8, 4) is 11.1 Å². The van der Waals surface area contributed by atoms with E-state index < -0.39 is 9.84 Å². The molecule has 1 aliphatic heterocycles. The molecular weight excluding hydrogens is 344 g/mol. The average Bonchev–Trinajstić information content (AvgIpc) is 2.68. The van der Waals surface area contributed by atoms with Gasteiger partial charge in [-0.15, -0.1) is 0 Å². The Morgan fingerprint density at radius 3 is 2.15 bits per heavy atom. The smallest absolute Gasteiger partial charge is 0.178 e. The quantitative estimate of drug-likeness (QED) is 0.792. The number of benzene rings is 1. The van der Waals surface area contributed by atoms with Crippen molar-refractivity contribution in [2.75, 3.05) is 18.8 Å². The third kappa shape index (κ3) is 4.15. The van der Waals surface area contributed by atoms with E-state index in [1.54, 1.807) is 19.1 Å². The first-order chi connectivity index (χ1) is 12.4. The molecule has 0 bridgehead atoms. The molecule has 1 aliphatic rings. The standard InChI is InChI=1S/C21H28N2O2S/c1-4-26(24,25)20-8-5-17(6-9-20)19-7-10-21(22-15-19)18-11-13-23(14-12-18)16(2)3/h5-10,15-16,18H,4,11-14H2,1-3H3. The lowest BCUT2D eigenvalue weighted by molar-refractivity contribution is 0.171. The maximum atomic E-state index is 11.9. The Balaban J connectivity index is 1.70. The van der Waals surface area contributed by atoms with Gasteiger partial charge >= 0.3 is 0 Å². The summed E-state index contributed by atoms with van der Waals surface area (Å²) in [6.07, 6.45) is 4.23. The molecule has 0 spiro atoms. The van der Waals surface area contributed by atoms with E-state index in [1.807, 2.05) is 18.3 Å². The monoisotopic (exact) mass is 372 g/mol. The Morgan fingerprint density at radius 1 is 1.04 bits per heavy atom. The van der Waals surface area contributed by atoms with Crippen LogP contribution in [0.2, 0.25) is 0 Å². The minimum Gasteiger partial charge on any atom is -0.301 e. The van der Waals surface area contributed by atoms with E-state index in [-0.39, 0.29) is 5.75 Å². The second-order valence-electron chi connectivity index (χ2n) is 7.30. The number of hydrogen-bond donors (Lipinski definition) is 0. The summed E-state index contributed by atoms with van der Waals surface area (Å²) in [6.45, 7) is 8.45. The van der Waals surface area contributed by atoms with E-state index in [0.29, 0.717) is 16.9 Å². The molecule has 0 unspecified atom stereocenters. The Labute approximate surface area is 157 Å². The van der Waals surface area contributed by atoms with Crippen LogP contribution in [0.25, 0.3) is 11.1 Å². The molecule has 1 aromatic carbocycles. The van der Waals surface area contributed by atoms with Crippen molar-refractivity contribution in [3.05, 3.63) is 48.3 Å². The minimum atomic E-state index is -3.15. The summed E-state index contributed by atoms with van der Waals surface area (Å²) in [5.41, 5.74) is 3.19. The van der Waals surface area contributed by atoms with Gasteiger partial charge in [-0.25, -0.2) is 8.42 Å². The first-order valence-corrected chi connectivity index (χ1v) is 11.1. The van der Waals surface area contributed by atoms with Crippen molar-refractivity contribution in [3.63, 3.8) is 0 Å². The van der Waals surface area contributed by atoms with E-state index in [4.69, 9.17) is 4.98 Å². The molecule has 0 aliphatic carbocycles. The second-order valence-corrected chi connectivity index (χ2v) is 9.58. The fourth-order valence-electron chi connectivity index (χ4n) is 3.55. The molecular formula is C21H28N2O2S. The average molecular weight is 373 g/mol. The molecule has 0 saturated carbocycles. The van der Waals surface area contributed by atoms with Crippen molar-refractivity contribution < 1.29 is 8.42 Å². The highest BCUT2D eigenvalue weighted by molar-refractivity contribution is 7.91. The molecule has 0 atom stereocenters. The fourth-order valence-corrected chi connectivity index (χ4v) is 4.43. The van der Waals surface area contributed by atoms with Gasteiger partial charge in [-0.2, -0.15) is 0 Å². The Bertz CT molecular complexity index is 819. The summed E-state index contributed by atoms with van der Waals surface area (Å²) in [7, 11) is -3.15. The summed E-state index contributed by atoms with van der Waals surface area (Å²) in [5, 5.41) is 0. The number of aromatic nitrogens is 1. The number of sulfone groups is 1. The molecule has 2 aromatic rings. The number of pyridine rings is 1. The van der Waals surface area contributed by atoms with Crippen LogP contribution >= 0.6 is 0 Å². The highest BCUT2D eigenvalue weighted by Crippen LogP contribution is 2.29. The molecule has 0 radical (unpaired) electrons. The van der Waals surface area contributed by atoms with E-state index in [0.717, 1.165) is 37.1 Å². The van der Waals surface area contributed by atoms with Crippen molar-refractivity contribution in [2.45, 2.75) is 50.5 Å². The van der Waals surface area contributed by atoms with Gasteiger partial charge in [0.25, 0.3) is 0 Å². The van der Waals surface area contributed by atoms with Gasteiger partial charge in [0.05, 0.1) is 10.6 Å². The molecule has 0 N–H and O–H groups in total. The third-order valence-electron chi connectivity index (χ3n) is 5.39. The van der Waals surface area contributed by atoms with Crippen LogP contribution in [-0.2, 0) is 9.84 Å². The summed E-state index contributed by atoms with van der Waals surface area (Å²) >= 11 is 0. The molecule has 3 rings (SSSR count). The van der Waals surface area contributed by atoms with Crippen molar-refractivity contribution >= 4 is 9.84 Å². The normalized spacial score (nSPS) is 16.9. The highest BCUT2D eigenvalue weighted by Gasteiger charge is 2.22. The number of hydrogen-bond acceptors (Lipinski definition) is 4. The molecule has 2 heterocycles. The minimum absolute atomic E-state index is 0.123. The van der Waals surface area contributed by atoms with Crippen LogP contribution in [0.5, 0.6) is 0 Å². The predicted octanol–water partition coefficient (Wildman–Crippen LogP) is 4.13. The van der Waals surface area contributed by atoms with Gasteiger partial charge in [-0.1, -0.05) is 25.1 Å². The van der Waals surface area contributed by atoms with Gasteiger partial charge in [-0.3, -0.25) is 4.98 Å². The van der Waals surface area contributed by atoms with Crippen LogP contribution in [0.3, 0.4) is 0 Å². The predicted molar refractivity (Wildman–Crippen MR) is 106 cm³/mol. The molecule has 1 fully saturated rings. The van der Waals surface area contributed by atoms with Gasteiger partial charge in [-0.05, 0) is 63.5 Å². The van der Waals surface area contributed by atoms with E-state index in [1.165, 1.54) is 5.69 Å². The second kappa shape index (κ2) is 7.89.